The second-order valence-electron chi connectivity index (χ2n) is 5.46. The van der Waals surface area contributed by atoms with E-state index in [1.54, 1.807) is 0 Å². The molecule has 0 aromatic rings. The van der Waals surface area contributed by atoms with Crippen molar-refractivity contribution >= 4 is 21.4 Å². The summed E-state index contributed by atoms with van der Waals surface area (Å²) in [6.45, 7) is 2.09. The number of sulfone groups is 1. The molecule has 0 N–H and O–H groups in total. The van der Waals surface area contributed by atoms with Crippen LogP contribution in [0.2, 0.25) is 0 Å². The average molecular weight is 281 g/mol. The van der Waals surface area contributed by atoms with Crippen LogP contribution >= 0.6 is 11.6 Å². The van der Waals surface area contributed by atoms with Crippen LogP contribution in [-0.2, 0) is 14.6 Å². The second kappa shape index (κ2) is 5.45. The van der Waals surface area contributed by atoms with E-state index in [1.165, 1.54) is 0 Å². The molecule has 2 rings (SSSR count). The van der Waals surface area contributed by atoms with Crippen molar-refractivity contribution in [2.75, 3.05) is 17.4 Å². The maximum atomic E-state index is 11.5. The number of ether oxygens (including phenoxy) is 1. The van der Waals surface area contributed by atoms with Crippen LogP contribution in [0.25, 0.3) is 0 Å². The van der Waals surface area contributed by atoms with E-state index in [0.717, 1.165) is 25.7 Å². The maximum Gasteiger partial charge on any atom is 0.150 e. The number of hydrogen-bond donors (Lipinski definition) is 0. The van der Waals surface area contributed by atoms with Crippen LogP contribution in [0.1, 0.15) is 32.6 Å². The van der Waals surface area contributed by atoms with E-state index < -0.39 is 9.84 Å². The lowest BCUT2D eigenvalue weighted by molar-refractivity contribution is 0.0380. The van der Waals surface area contributed by atoms with Crippen molar-refractivity contribution in [2.24, 2.45) is 11.8 Å². The molecule has 5 heteroatoms. The maximum absolute atomic E-state index is 11.5. The van der Waals surface area contributed by atoms with Crippen LogP contribution in [0.3, 0.4) is 0 Å². The molecule has 2 aliphatic heterocycles. The Morgan fingerprint density at radius 2 is 2.12 bits per heavy atom. The molecule has 0 aromatic heterocycles. The van der Waals surface area contributed by atoms with E-state index >= 15 is 0 Å². The van der Waals surface area contributed by atoms with Crippen LogP contribution < -0.4 is 0 Å². The Kier molecular flexibility index (Phi) is 4.37. The molecule has 2 heterocycles. The molecule has 4 unspecified atom stereocenters. The SMILES string of the molecule is CC1CCC(CC(CCl)C2CCS(=O)(=O)C2)O1. The van der Waals surface area contributed by atoms with Gasteiger partial charge in [0.15, 0.2) is 9.84 Å². The van der Waals surface area contributed by atoms with Gasteiger partial charge in [-0.05, 0) is 44.4 Å². The number of alkyl halides is 1. The Morgan fingerprint density at radius 3 is 2.59 bits per heavy atom. The molecule has 3 nitrogen and oxygen atoms in total. The summed E-state index contributed by atoms with van der Waals surface area (Å²) in [5.41, 5.74) is 0. The van der Waals surface area contributed by atoms with Crippen molar-refractivity contribution < 1.29 is 13.2 Å². The molecule has 2 aliphatic rings. The van der Waals surface area contributed by atoms with Crippen molar-refractivity contribution in [3.63, 3.8) is 0 Å². The summed E-state index contributed by atoms with van der Waals surface area (Å²) in [5, 5.41) is 0. The van der Waals surface area contributed by atoms with Gasteiger partial charge in [-0.15, -0.1) is 11.6 Å². The molecule has 2 saturated heterocycles. The zero-order valence-electron chi connectivity index (χ0n) is 10.3. The molecular formula is C12H21ClO3S. The summed E-state index contributed by atoms with van der Waals surface area (Å²) in [4.78, 5) is 0. The van der Waals surface area contributed by atoms with Gasteiger partial charge in [-0.25, -0.2) is 8.42 Å². The third-order valence-corrected chi connectivity index (χ3v) is 6.21. The Labute approximate surface area is 109 Å². The first-order valence-corrected chi connectivity index (χ1v) is 8.77. The first-order valence-electron chi connectivity index (χ1n) is 6.42. The average Bonchev–Trinajstić information content (AvgIpc) is 2.81. The minimum Gasteiger partial charge on any atom is -0.375 e. The van der Waals surface area contributed by atoms with Gasteiger partial charge in [-0.2, -0.15) is 0 Å². The van der Waals surface area contributed by atoms with E-state index in [2.05, 4.69) is 6.92 Å². The summed E-state index contributed by atoms with van der Waals surface area (Å²) in [5.74, 6) is 1.76. The second-order valence-corrected chi connectivity index (χ2v) is 8.00. The standard InChI is InChI=1S/C12H21ClO3S/c1-9-2-3-12(16-9)6-11(7-13)10-4-5-17(14,15)8-10/h9-12H,2-8H2,1H3. The van der Waals surface area contributed by atoms with Crippen molar-refractivity contribution in [1.29, 1.82) is 0 Å². The van der Waals surface area contributed by atoms with E-state index in [-0.39, 0.29) is 12.0 Å². The fourth-order valence-electron chi connectivity index (χ4n) is 2.97. The normalized spacial score (nSPS) is 38.4. The molecule has 17 heavy (non-hydrogen) atoms. The molecule has 0 aromatic carbocycles. The van der Waals surface area contributed by atoms with Crippen LogP contribution in [0.15, 0.2) is 0 Å². The largest absolute Gasteiger partial charge is 0.375 e. The predicted octanol–water partition coefficient (Wildman–Crippen LogP) is 2.23. The van der Waals surface area contributed by atoms with Gasteiger partial charge in [0.1, 0.15) is 0 Å². The lowest BCUT2D eigenvalue weighted by atomic mass is 9.88. The smallest absolute Gasteiger partial charge is 0.150 e. The van der Waals surface area contributed by atoms with E-state index in [0.29, 0.717) is 29.4 Å². The minimum absolute atomic E-state index is 0.247. The molecular weight excluding hydrogens is 260 g/mol. The van der Waals surface area contributed by atoms with Gasteiger partial charge in [0.2, 0.25) is 0 Å². The van der Waals surface area contributed by atoms with Gasteiger partial charge < -0.3 is 4.74 Å². The van der Waals surface area contributed by atoms with Gasteiger partial charge in [-0.1, -0.05) is 0 Å². The zero-order valence-corrected chi connectivity index (χ0v) is 11.8. The molecule has 0 saturated carbocycles. The molecule has 0 radical (unpaired) electrons. The number of hydrogen-bond acceptors (Lipinski definition) is 3. The summed E-state index contributed by atoms with van der Waals surface area (Å²) in [6, 6.07) is 0. The van der Waals surface area contributed by atoms with E-state index in [1.807, 2.05) is 0 Å². The van der Waals surface area contributed by atoms with Crippen LogP contribution in [0, 0.1) is 11.8 Å². The first-order chi connectivity index (χ1) is 8.00. The molecule has 0 spiro atoms. The number of rotatable bonds is 4. The molecule has 0 bridgehead atoms. The Morgan fingerprint density at radius 1 is 1.35 bits per heavy atom. The summed E-state index contributed by atoms with van der Waals surface area (Å²) in [6.07, 6.45) is 4.55. The quantitative estimate of drug-likeness (QED) is 0.742. The summed E-state index contributed by atoms with van der Waals surface area (Å²) in [7, 11) is -2.79. The van der Waals surface area contributed by atoms with Crippen molar-refractivity contribution in [3.8, 4) is 0 Å². The Bertz CT molecular complexity index is 355. The molecule has 100 valence electrons. The zero-order chi connectivity index (χ0) is 12.5. The predicted molar refractivity (Wildman–Crippen MR) is 69.2 cm³/mol. The Hall–Kier alpha value is 0.200. The highest BCUT2D eigenvalue weighted by atomic mass is 35.5. The highest BCUT2D eigenvalue weighted by Crippen LogP contribution is 2.33. The van der Waals surface area contributed by atoms with Crippen LogP contribution in [-0.4, -0.2) is 38.0 Å². The van der Waals surface area contributed by atoms with Gasteiger partial charge in [0.25, 0.3) is 0 Å². The van der Waals surface area contributed by atoms with Crippen molar-refractivity contribution in [3.05, 3.63) is 0 Å². The third-order valence-electron chi connectivity index (χ3n) is 4.02. The monoisotopic (exact) mass is 280 g/mol. The highest BCUT2D eigenvalue weighted by molar-refractivity contribution is 7.91. The third kappa shape index (κ3) is 3.58. The van der Waals surface area contributed by atoms with Gasteiger partial charge >= 0.3 is 0 Å². The topological polar surface area (TPSA) is 43.4 Å². The molecule has 0 amide bonds. The number of halogens is 1. The van der Waals surface area contributed by atoms with Gasteiger partial charge in [0, 0.05) is 5.88 Å². The highest BCUT2D eigenvalue weighted by Gasteiger charge is 2.35. The summed E-state index contributed by atoms with van der Waals surface area (Å²) >= 11 is 6.01. The minimum atomic E-state index is -2.79. The Balaban J connectivity index is 1.89. The lowest BCUT2D eigenvalue weighted by Gasteiger charge is -2.23. The summed E-state index contributed by atoms with van der Waals surface area (Å²) < 4.78 is 28.7. The molecule has 0 aliphatic carbocycles. The molecule has 2 fully saturated rings. The van der Waals surface area contributed by atoms with Gasteiger partial charge in [-0.3, -0.25) is 0 Å². The van der Waals surface area contributed by atoms with E-state index in [4.69, 9.17) is 16.3 Å². The van der Waals surface area contributed by atoms with Crippen molar-refractivity contribution in [2.45, 2.75) is 44.8 Å². The van der Waals surface area contributed by atoms with Crippen LogP contribution in [0.4, 0.5) is 0 Å². The fraction of sp³-hybridized carbons (Fsp3) is 1.00. The fourth-order valence-corrected chi connectivity index (χ4v) is 5.27. The van der Waals surface area contributed by atoms with E-state index in [9.17, 15) is 8.42 Å². The first kappa shape index (κ1) is 13.6. The van der Waals surface area contributed by atoms with Crippen molar-refractivity contribution in [1.82, 2.24) is 0 Å². The molecule has 4 atom stereocenters. The van der Waals surface area contributed by atoms with Gasteiger partial charge in [0.05, 0.1) is 23.7 Å². The lowest BCUT2D eigenvalue weighted by Crippen LogP contribution is -2.23. The van der Waals surface area contributed by atoms with Crippen LogP contribution in [0.5, 0.6) is 0 Å².